The first kappa shape index (κ1) is 26.4. The van der Waals surface area contributed by atoms with Crippen LogP contribution in [0.1, 0.15) is 40.7 Å². The van der Waals surface area contributed by atoms with E-state index in [1.165, 1.54) is 0 Å². The predicted molar refractivity (Wildman–Crippen MR) is 143 cm³/mol. The Morgan fingerprint density at radius 1 is 0.914 bits per heavy atom. The summed E-state index contributed by atoms with van der Waals surface area (Å²) >= 11 is 0. The van der Waals surface area contributed by atoms with E-state index < -0.39 is 18.1 Å². The Morgan fingerprint density at radius 2 is 1.51 bits per heavy atom. The monoisotopic (exact) mass is 472 g/mol. The second-order valence-electron chi connectivity index (χ2n) is 9.03. The van der Waals surface area contributed by atoms with Gasteiger partial charge in [0, 0.05) is 5.92 Å². The number of phenols is 1. The lowest BCUT2D eigenvalue weighted by atomic mass is 9.89. The first-order chi connectivity index (χ1) is 16.9. The summed E-state index contributed by atoms with van der Waals surface area (Å²) in [4.78, 5) is 0. The summed E-state index contributed by atoms with van der Waals surface area (Å²) in [6.45, 7) is 8.15. The molecule has 3 aromatic carbocycles. The van der Waals surface area contributed by atoms with Crippen LogP contribution in [0.2, 0.25) is 0 Å². The van der Waals surface area contributed by atoms with E-state index in [1.807, 2.05) is 74.5 Å². The molecule has 0 heterocycles. The van der Waals surface area contributed by atoms with Crippen molar-refractivity contribution in [2.24, 2.45) is 5.92 Å². The van der Waals surface area contributed by atoms with Gasteiger partial charge in [0.05, 0.1) is 25.4 Å². The second-order valence-corrected chi connectivity index (χ2v) is 9.03. The van der Waals surface area contributed by atoms with E-state index in [2.05, 4.69) is 24.8 Å². The lowest BCUT2D eigenvalue weighted by molar-refractivity contribution is -0.0270. The zero-order valence-corrected chi connectivity index (χ0v) is 20.6. The molecule has 184 valence electrons. The molecule has 3 atom stereocenters. The van der Waals surface area contributed by atoms with Crippen LogP contribution in [0.15, 0.2) is 85.5 Å². The predicted octanol–water partition coefficient (Wildman–Crippen LogP) is 6.07. The number of aliphatic hydroxyl groups excluding tert-OH is 2. The average Bonchev–Trinajstić information content (AvgIpc) is 2.86. The Balaban J connectivity index is 1.68. The molecule has 0 aliphatic rings. The maximum Gasteiger partial charge on any atom is 0.121 e. The van der Waals surface area contributed by atoms with Gasteiger partial charge in [0.1, 0.15) is 5.75 Å². The number of hydrogen-bond donors (Lipinski definition) is 3. The van der Waals surface area contributed by atoms with E-state index in [4.69, 9.17) is 4.74 Å². The van der Waals surface area contributed by atoms with E-state index in [-0.39, 0.29) is 6.61 Å². The Labute approximate surface area is 208 Å². The van der Waals surface area contributed by atoms with Gasteiger partial charge in [-0.1, -0.05) is 72.8 Å². The molecule has 0 saturated carbocycles. The molecule has 0 spiro atoms. The molecular weight excluding hydrogens is 436 g/mol. The van der Waals surface area contributed by atoms with Crippen molar-refractivity contribution < 1.29 is 20.1 Å². The fraction of sp³-hybridized carbons (Fsp3) is 0.290. The normalized spacial score (nSPS) is 14.3. The number of aromatic hydroxyl groups is 1. The van der Waals surface area contributed by atoms with Gasteiger partial charge in [0.15, 0.2) is 0 Å². The average molecular weight is 473 g/mol. The highest BCUT2D eigenvalue weighted by Crippen LogP contribution is 2.29. The molecule has 0 radical (unpaired) electrons. The quantitative estimate of drug-likeness (QED) is 0.221. The highest BCUT2D eigenvalue weighted by atomic mass is 16.5. The van der Waals surface area contributed by atoms with Crippen molar-refractivity contribution in [1.29, 1.82) is 0 Å². The summed E-state index contributed by atoms with van der Waals surface area (Å²) in [7, 11) is 0. The van der Waals surface area contributed by atoms with Crippen LogP contribution in [0, 0.1) is 19.8 Å². The number of phenolic OH excluding ortho intramolecular Hbond substituents is 1. The van der Waals surface area contributed by atoms with E-state index in [1.54, 1.807) is 6.08 Å². The van der Waals surface area contributed by atoms with Crippen LogP contribution in [0.25, 0.3) is 11.6 Å². The topological polar surface area (TPSA) is 69.9 Å². The number of ether oxygens (including phenoxy) is 1. The van der Waals surface area contributed by atoms with Crippen LogP contribution in [-0.2, 0) is 11.3 Å². The fourth-order valence-corrected chi connectivity index (χ4v) is 4.28. The smallest absolute Gasteiger partial charge is 0.121 e. The maximum absolute atomic E-state index is 10.9. The molecule has 3 rings (SSSR count). The molecule has 3 aromatic rings. The molecule has 3 N–H and O–H groups in total. The van der Waals surface area contributed by atoms with Crippen molar-refractivity contribution >= 4 is 11.6 Å². The minimum absolute atomic E-state index is 0.121. The maximum atomic E-state index is 10.9. The molecule has 4 heteroatoms. The van der Waals surface area contributed by atoms with E-state index in [0.29, 0.717) is 25.2 Å². The van der Waals surface area contributed by atoms with Crippen molar-refractivity contribution in [3.05, 3.63) is 113 Å². The Bertz CT molecular complexity index is 1080. The van der Waals surface area contributed by atoms with Crippen LogP contribution in [0.5, 0.6) is 5.75 Å². The standard InChI is InChI=1S/C31H36O4/c1-4-28(30(33)21-35-20-24-11-7-5-8-12-24)29(32)16-15-27(26-13-9-6-10-14-26)19-25-17-22(2)31(34)23(3)18-25/h4-14,17-19,28-30,32-34H,1,15-16,20-21H2,2-3H3/b27-19-/t28-,29-,30-/m1/s1. The van der Waals surface area contributed by atoms with Gasteiger partial charge in [-0.2, -0.15) is 0 Å². The van der Waals surface area contributed by atoms with Gasteiger partial charge >= 0.3 is 0 Å². The van der Waals surface area contributed by atoms with Crippen LogP contribution >= 0.6 is 0 Å². The molecule has 0 aromatic heterocycles. The second kappa shape index (κ2) is 13.1. The molecule has 35 heavy (non-hydrogen) atoms. The number of hydrogen-bond acceptors (Lipinski definition) is 4. The third kappa shape index (κ3) is 7.66. The van der Waals surface area contributed by atoms with Crippen molar-refractivity contribution in [3.8, 4) is 5.75 Å². The Kier molecular flexibility index (Phi) is 9.86. The summed E-state index contributed by atoms with van der Waals surface area (Å²) < 4.78 is 5.68. The van der Waals surface area contributed by atoms with Crippen LogP contribution < -0.4 is 0 Å². The highest BCUT2D eigenvalue weighted by Gasteiger charge is 2.24. The van der Waals surface area contributed by atoms with Crippen LogP contribution in [0.4, 0.5) is 0 Å². The molecule has 0 aliphatic carbocycles. The number of aliphatic hydroxyl groups is 2. The van der Waals surface area contributed by atoms with Crippen LogP contribution in [-0.4, -0.2) is 34.1 Å². The molecule has 0 saturated heterocycles. The molecule has 4 nitrogen and oxygen atoms in total. The first-order valence-electron chi connectivity index (χ1n) is 12.1. The van der Waals surface area contributed by atoms with Gasteiger partial charge in [-0.15, -0.1) is 6.58 Å². The lowest BCUT2D eigenvalue weighted by Crippen LogP contribution is -2.33. The van der Waals surface area contributed by atoms with Crippen LogP contribution in [0.3, 0.4) is 0 Å². The van der Waals surface area contributed by atoms with Crippen molar-refractivity contribution in [2.45, 2.75) is 45.5 Å². The minimum Gasteiger partial charge on any atom is -0.507 e. The van der Waals surface area contributed by atoms with Gasteiger partial charge < -0.3 is 20.1 Å². The third-order valence-corrected chi connectivity index (χ3v) is 6.27. The zero-order chi connectivity index (χ0) is 25.2. The fourth-order valence-electron chi connectivity index (χ4n) is 4.28. The van der Waals surface area contributed by atoms with Gasteiger partial charge in [-0.05, 0) is 72.2 Å². The molecular formula is C31H36O4. The van der Waals surface area contributed by atoms with Gasteiger partial charge in [-0.3, -0.25) is 0 Å². The minimum atomic E-state index is -0.849. The lowest BCUT2D eigenvalue weighted by Gasteiger charge is -2.25. The zero-order valence-electron chi connectivity index (χ0n) is 20.6. The van der Waals surface area contributed by atoms with Gasteiger partial charge in [-0.25, -0.2) is 0 Å². The van der Waals surface area contributed by atoms with E-state index in [9.17, 15) is 15.3 Å². The van der Waals surface area contributed by atoms with Gasteiger partial charge in [0.25, 0.3) is 0 Å². The molecule has 0 fully saturated rings. The SMILES string of the molecule is C=C[C@H]([C@H](O)CC/C(=C/c1cc(C)c(O)c(C)c1)c1ccccc1)[C@H](O)COCc1ccccc1. The third-order valence-electron chi connectivity index (χ3n) is 6.27. The number of aryl methyl sites for hydroxylation is 2. The van der Waals surface area contributed by atoms with E-state index >= 15 is 0 Å². The van der Waals surface area contributed by atoms with Crippen molar-refractivity contribution in [2.75, 3.05) is 6.61 Å². The summed E-state index contributed by atoms with van der Waals surface area (Å²) in [6, 6.07) is 23.8. The number of benzene rings is 3. The molecule has 0 unspecified atom stereocenters. The van der Waals surface area contributed by atoms with E-state index in [0.717, 1.165) is 33.4 Å². The molecule has 0 amide bonds. The van der Waals surface area contributed by atoms with Crippen molar-refractivity contribution in [3.63, 3.8) is 0 Å². The van der Waals surface area contributed by atoms with Crippen molar-refractivity contribution in [1.82, 2.24) is 0 Å². The highest BCUT2D eigenvalue weighted by molar-refractivity contribution is 5.82. The summed E-state index contributed by atoms with van der Waals surface area (Å²) in [5.74, 6) is -0.183. The summed E-state index contributed by atoms with van der Waals surface area (Å²) in [6.07, 6.45) is 3.18. The summed E-state index contributed by atoms with van der Waals surface area (Å²) in [5.41, 5.74) is 5.84. The Morgan fingerprint density at radius 3 is 2.11 bits per heavy atom. The largest absolute Gasteiger partial charge is 0.507 e. The van der Waals surface area contributed by atoms with Gasteiger partial charge in [0.2, 0.25) is 0 Å². The molecule has 0 bridgehead atoms. The Hall–Kier alpha value is -3.18. The first-order valence-corrected chi connectivity index (χ1v) is 12.1. The molecule has 0 aliphatic heterocycles. The number of rotatable bonds is 12. The summed E-state index contributed by atoms with van der Waals surface area (Å²) in [5, 5.41) is 31.7. The number of allylic oxidation sites excluding steroid dienone is 1.